The molecule has 0 bridgehead atoms. The molecule has 168 valence electrons. The van der Waals surface area contributed by atoms with Gasteiger partial charge in [0.2, 0.25) is 0 Å². The fourth-order valence-electron chi connectivity index (χ4n) is 3.72. The van der Waals surface area contributed by atoms with E-state index < -0.39 is 0 Å². The number of nitrogens with zero attached hydrogens (tertiary/aromatic N) is 4. The molecule has 1 fully saturated rings. The van der Waals surface area contributed by atoms with Crippen LogP contribution >= 0.6 is 35.3 Å². The Kier molecular flexibility index (Phi) is 8.24. The normalized spacial score (nSPS) is 14.6. The van der Waals surface area contributed by atoms with Gasteiger partial charge >= 0.3 is 0 Å². The van der Waals surface area contributed by atoms with Gasteiger partial charge < -0.3 is 30.0 Å². The van der Waals surface area contributed by atoms with Gasteiger partial charge in [-0.25, -0.2) is 4.98 Å². The summed E-state index contributed by atoms with van der Waals surface area (Å²) in [6.45, 7) is 4.29. The van der Waals surface area contributed by atoms with Crippen LogP contribution in [0.5, 0.6) is 11.5 Å². The number of H-pyrrole nitrogens is 1. The van der Waals surface area contributed by atoms with Crippen molar-refractivity contribution in [2.24, 2.45) is 10.7 Å². The molecule has 1 aliphatic rings. The molecule has 1 saturated heterocycles. The smallest absolute Gasteiger partial charge is 0.191 e. The van der Waals surface area contributed by atoms with Gasteiger partial charge in [0.1, 0.15) is 11.5 Å². The first-order valence-corrected chi connectivity index (χ1v) is 11.0. The van der Waals surface area contributed by atoms with Crippen LogP contribution in [-0.4, -0.2) is 67.8 Å². The molecule has 2 aromatic heterocycles. The molecule has 0 radical (unpaired) electrons. The van der Waals surface area contributed by atoms with E-state index in [1.165, 1.54) is 0 Å². The van der Waals surface area contributed by atoms with Gasteiger partial charge in [0, 0.05) is 67.5 Å². The number of rotatable bonds is 7. The predicted octanol–water partition coefficient (Wildman–Crippen LogP) is 3.33. The number of guanidine groups is 1. The molecule has 0 aliphatic carbocycles. The number of halogens is 1. The fraction of sp³-hybridized carbons (Fsp3) is 0.429. The minimum Gasteiger partial charge on any atom is -0.497 e. The van der Waals surface area contributed by atoms with Crippen LogP contribution in [0.4, 0.5) is 5.13 Å². The molecular weight excluding hydrogens is 527 g/mol. The molecule has 3 N–H and O–H groups in total. The molecule has 0 spiro atoms. The predicted molar refractivity (Wildman–Crippen MR) is 138 cm³/mol. The maximum absolute atomic E-state index is 6.23. The highest BCUT2D eigenvalue weighted by atomic mass is 127. The number of hydrogen-bond donors (Lipinski definition) is 2. The minimum absolute atomic E-state index is 0. The van der Waals surface area contributed by atoms with Crippen LogP contribution in [-0.2, 0) is 6.42 Å². The molecule has 3 aromatic rings. The molecule has 8 nitrogen and oxygen atoms in total. The fourth-order valence-corrected chi connectivity index (χ4v) is 4.42. The number of anilines is 1. The van der Waals surface area contributed by atoms with E-state index in [9.17, 15) is 0 Å². The van der Waals surface area contributed by atoms with E-state index in [0.717, 1.165) is 72.2 Å². The highest BCUT2D eigenvalue weighted by Gasteiger charge is 2.19. The van der Waals surface area contributed by atoms with Gasteiger partial charge in [-0.1, -0.05) is 0 Å². The number of aromatic amines is 1. The molecule has 0 atom stereocenters. The number of aromatic nitrogens is 2. The highest BCUT2D eigenvalue weighted by Crippen LogP contribution is 2.31. The SMILES string of the molecule is COc1cc(OC)c2cc(CCCN=C(N)N3CCN(c4nccs4)CC3)[nH]c2c1.I. The zero-order chi connectivity index (χ0) is 20.9. The van der Waals surface area contributed by atoms with E-state index in [1.54, 1.807) is 25.6 Å². The van der Waals surface area contributed by atoms with Crippen LogP contribution < -0.4 is 20.1 Å². The summed E-state index contributed by atoms with van der Waals surface area (Å²) in [7, 11) is 3.33. The van der Waals surface area contributed by atoms with E-state index in [-0.39, 0.29) is 24.0 Å². The van der Waals surface area contributed by atoms with Gasteiger partial charge in [-0.05, 0) is 18.9 Å². The Morgan fingerprint density at radius 3 is 2.68 bits per heavy atom. The van der Waals surface area contributed by atoms with Gasteiger partial charge in [0.25, 0.3) is 0 Å². The molecule has 10 heteroatoms. The second kappa shape index (κ2) is 10.9. The summed E-state index contributed by atoms with van der Waals surface area (Å²) in [5, 5.41) is 4.16. The standard InChI is InChI=1S/C21H28N6O2S.HI/c1-28-16-13-18-17(19(14-16)29-2)12-15(25-18)4-3-5-23-20(22)26-7-9-27(10-8-26)21-24-6-11-30-21;/h6,11-14,25H,3-5,7-10H2,1-2H3,(H2,22,23);1H. The number of aryl methyl sites for hydroxylation is 1. The summed E-state index contributed by atoms with van der Waals surface area (Å²) >= 11 is 1.68. The van der Waals surface area contributed by atoms with Crippen molar-refractivity contribution in [1.29, 1.82) is 0 Å². The Balaban J connectivity index is 0.00000272. The first-order chi connectivity index (χ1) is 14.7. The zero-order valence-corrected chi connectivity index (χ0v) is 21.0. The highest BCUT2D eigenvalue weighted by molar-refractivity contribution is 14.0. The second-order valence-electron chi connectivity index (χ2n) is 7.22. The van der Waals surface area contributed by atoms with E-state index in [4.69, 9.17) is 15.2 Å². The van der Waals surface area contributed by atoms with Gasteiger partial charge in [0.05, 0.1) is 19.7 Å². The third kappa shape index (κ3) is 5.53. The molecule has 4 rings (SSSR count). The second-order valence-corrected chi connectivity index (χ2v) is 8.09. The van der Waals surface area contributed by atoms with Crippen LogP contribution in [0.2, 0.25) is 0 Å². The number of methoxy groups -OCH3 is 2. The number of nitrogens with one attached hydrogen (secondary N) is 1. The van der Waals surface area contributed by atoms with Crippen molar-refractivity contribution < 1.29 is 9.47 Å². The molecule has 0 amide bonds. The summed E-state index contributed by atoms with van der Waals surface area (Å²) in [6.07, 6.45) is 3.67. The van der Waals surface area contributed by atoms with Crippen LogP contribution in [0.3, 0.4) is 0 Å². The summed E-state index contributed by atoms with van der Waals surface area (Å²) in [4.78, 5) is 16.9. The lowest BCUT2D eigenvalue weighted by atomic mass is 10.2. The van der Waals surface area contributed by atoms with Crippen molar-refractivity contribution in [1.82, 2.24) is 14.9 Å². The third-order valence-corrected chi connectivity index (χ3v) is 6.19. The number of ether oxygens (including phenoxy) is 2. The average molecular weight is 556 g/mol. The topological polar surface area (TPSA) is 92.0 Å². The summed E-state index contributed by atoms with van der Waals surface area (Å²) in [5.41, 5.74) is 8.40. The number of aliphatic imine (C=N–C) groups is 1. The van der Waals surface area contributed by atoms with Crippen LogP contribution in [0.25, 0.3) is 10.9 Å². The monoisotopic (exact) mass is 556 g/mol. The Morgan fingerprint density at radius 1 is 1.19 bits per heavy atom. The molecule has 1 aliphatic heterocycles. The molecule has 0 saturated carbocycles. The van der Waals surface area contributed by atoms with Gasteiger partial charge in [-0.3, -0.25) is 4.99 Å². The maximum Gasteiger partial charge on any atom is 0.191 e. The minimum atomic E-state index is 0. The van der Waals surface area contributed by atoms with Crippen molar-refractivity contribution in [3.8, 4) is 11.5 Å². The molecule has 0 unspecified atom stereocenters. The van der Waals surface area contributed by atoms with E-state index >= 15 is 0 Å². The van der Waals surface area contributed by atoms with Gasteiger partial charge in [-0.2, -0.15) is 0 Å². The van der Waals surface area contributed by atoms with Crippen molar-refractivity contribution >= 4 is 57.3 Å². The molecule has 3 heterocycles. The van der Waals surface area contributed by atoms with Crippen molar-refractivity contribution in [2.45, 2.75) is 12.8 Å². The summed E-state index contributed by atoms with van der Waals surface area (Å²) in [5.74, 6) is 2.22. The van der Waals surface area contributed by atoms with Crippen LogP contribution in [0.1, 0.15) is 12.1 Å². The number of fused-ring (bicyclic) bond motifs is 1. The number of hydrogen-bond acceptors (Lipinski definition) is 6. The lowest BCUT2D eigenvalue weighted by Gasteiger charge is -2.35. The maximum atomic E-state index is 6.23. The number of piperazine rings is 1. The number of benzene rings is 1. The van der Waals surface area contributed by atoms with Crippen molar-refractivity contribution in [3.63, 3.8) is 0 Å². The zero-order valence-electron chi connectivity index (χ0n) is 17.8. The largest absolute Gasteiger partial charge is 0.497 e. The first kappa shape index (κ1) is 23.5. The lowest BCUT2D eigenvalue weighted by Crippen LogP contribution is -2.51. The molecule has 1 aromatic carbocycles. The number of nitrogens with two attached hydrogens (primary N) is 1. The van der Waals surface area contributed by atoms with E-state index in [0.29, 0.717) is 12.5 Å². The quantitative estimate of drug-likeness (QED) is 0.201. The Labute approximate surface area is 203 Å². The summed E-state index contributed by atoms with van der Waals surface area (Å²) in [6, 6.07) is 6.03. The van der Waals surface area contributed by atoms with Crippen molar-refractivity contribution in [2.75, 3.05) is 51.8 Å². The molecular formula is C21H29IN6O2S. The molecule has 31 heavy (non-hydrogen) atoms. The Bertz CT molecular complexity index is 999. The van der Waals surface area contributed by atoms with E-state index in [2.05, 4.69) is 30.8 Å². The van der Waals surface area contributed by atoms with E-state index in [1.807, 2.05) is 23.7 Å². The summed E-state index contributed by atoms with van der Waals surface area (Å²) < 4.78 is 10.8. The van der Waals surface area contributed by atoms with Crippen LogP contribution in [0.15, 0.2) is 34.8 Å². The Morgan fingerprint density at radius 2 is 2.00 bits per heavy atom. The lowest BCUT2D eigenvalue weighted by molar-refractivity contribution is 0.380. The average Bonchev–Trinajstić information content (AvgIpc) is 3.45. The van der Waals surface area contributed by atoms with Gasteiger partial charge in [-0.15, -0.1) is 35.3 Å². The Hall–Kier alpha value is -2.21. The number of thiazole rings is 1. The van der Waals surface area contributed by atoms with Crippen LogP contribution in [0, 0.1) is 0 Å². The third-order valence-electron chi connectivity index (χ3n) is 5.36. The first-order valence-electron chi connectivity index (χ1n) is 10.1. The van der Waals surface area contributed by atoms with Gasteiger partial charge in [0.15, 0.2) is 11.1 Å². The van der Waals surface area contributed by atoms with Crippen molar-refractivity contribution in [3.05, 3.63) is 35.5 Å².